The molecule has 0 radical (unpaired) electrons. The van der Waals surface area contributed by atoms with Gasteiger partial charge >= 0.3 is 0 Å². The highest BCUT2D eigenvalue weighted by atomic mass is 16.5. The number of nitrogens with one attached hydrogen (secondary N) is 1. The number of para-hydroxylation sites is 1. The SMILES string of the molecule is CCC1(CCNCc2ccccc2O)OCCCC1(C)c1ccc(C)cc1. The fourth-order valence-corrected chi connectivity index (χ4v) is 4.60. The summed E-state index contributed by atoms with van der Waals surface area (Å²) in [6, 6.07) is 16.5. The zero-order valence-corrected chi connectivity index (χ0v) is 16.9. The predicted octanol–water partition coefficient (Wildman–Crippen LogP) is 5.10. The maximum atomic E-state index is 9.94. The van der Waals surface area contributed by atoms with Crippen molar-refractivity contribution in [3.05, 3.63) is 65.2 Å². The summed E-state index contributed by atoms with van der Waals surface area (Å²) in [5.74, 6) is 0.355. The lowest BCUT2D eigenvalue weighted by atomic mass is 9.62. The Morgan fingerprint density at radius 1 is 1.11 bits per heavy atom. The molecule has 3 nitrogen and oxygen atoms in total. The van der Waals surface area contributed by atoms with Gasteiger partial charge in [-0.25, -0.2) is 0 Å². The number of rotatable bonds is 7. The second-order valence-electron chi connectivity index (χ2n) is 8.05. The summed E-state index contributed by atoms with van der Waals surface area (Å²) < 4.78 is 6.50. The molecule has 0 aromatic heterocycles. The van der Waals surface area contributed by atoms with Gasteiger partial charge in [0.1, 0.15) is 5.75 Å². The number of benzene rings is 2. The third-order valence-corrected chi connectivity index (χ3v) is 6.48. The molecular formula is C24H33NO2. The van der Waals surface area contributed by atoms with E-state index < -0.39 is 0 Å². The molecule has 1 heterocycles. The highest BCUT2D eigenvalue weighted by molar-refractivity contribution is 5.33. The molecule has 0 bridgehead atoms. The van der Waals surface area contributed by atoms with Crippen molar-refractivity contribution in [1.29, 1.82) is 0 Å². The van der Waals surface area contributed by atoms with E-state index in [0.29, 0.717) is 12.3 Å². The molecule has 0 spiro atoms. The molecule has 3 heteroatoms. The van der Waals surface area contributed by atoms with Crippen LogP contribution in [0.4, 0.5) is 0 Å². The molecule has 1 aliphatic rings. The van der Waals surface area contributed by atoms with Gasteiger partial charge in [0.15, 0.2) is 0 Å². The summed E-state index contributed by atoms with van der Waals surface area (Å²) in [6.45, 7) is 9.15. The molecular weight excluding hydrogens is 334 g/mol. The van der Waals surface area contributed by atoms with Crippen molar-refractivity contribution in [2.75, 3.05) is 13.2 Å². The number of phenols is 1. The molecule has 0 aliphatic carbocycles. The van der Waals surface area contributed by atoms with E-state index in [9.17, 15) is 5.11 Å². The van der Waals surface area contributed by atoms with Crippen molar-refractivity contribution in [2.45, 2.75) is 64.0 Å². The second-order valence-corrected chi connectivity index (χ2v) is 8.05. The van der Waals surface area contributed by atoms with Crippen LogP contribution in [0.3, 0.4) is 0 Å². The largest absolute Gasteiger partial charge is 0.508 e. The number of hydrogen-bond acceptors (Lipinski definition) is 3. The van der Waals surface area contributed by atoms with Crippen molar-refractivity contribution in [2.24, 2.45) is 0 Å². The molecule has 27 heavy (non-hydrogen) atoms. The Morgan fingerprint density at radius 3 is 2.56 bits per heavy atom. The fourth-order valence-electron chi connectivity index (χ4n) is 4.60. The third kappa shape index (κ3) is 4.04. The topological polar surface area (TPSA) is 41.5 Å². The minimum absolute atomic E-state index is 0.0181. The minimum Gasteiger partial charge on any atom is -0.508 e. The molecule has 2 unspecified atom stereocenters. The Morgan fingerprint density at radius 2 is 1.85 bits per heavy atom. The van der Waals surface area contributed by atoms with Crippen LogP contribution in [0.15, 0.2) is 48.5 Å². The molecule has 0 saturated carbocycles. The van der Waals surface area contributed by atoms with Gasteiger partial charge in [-0.2, -0.15) is 0 Å². The van der Waals surface area contributed by atoms with Crippen LogP contribution in [0.25, 0.3) is 0 Å². The highest BCUT2D eigenvalue weighted by Gasteiger charge is 2.50. The van der Waals surface area contributed by atoms with E-state index in [1.165, 1.54) is 11.1 Å². The molecule has 1 saturated heterocycles. The van der Waals surface area contributed by atoms with Crippen LogP contribution in [0.5, 0.6) is 5.75 Å². The van der Waals surface area contributed by atoms with Gasteiger partial charge in [0.05, 0.1) is 5.60 Å². The molecule has 2 atom stereocenters. The Hall–Kier alpha value is -1.84. The summed E-state index contributed by atoms with van der Waals surface area (Å²) in [5, 5.41) is 13.5. The van der Waals surface area contributed by atoms with E-state index in [0.717, 1.165) is 44.4 Å². The van der Waals surface area contributed by atoms with Crippen LogP contribution in [0.1, 0.15) is 56.2 Å². The molecule has 146 valence electrons. The fraction of sp³-hybridized carbons (Fsp3) is 0.500. The molecule has 2 aromatic carbocycles. The molecule has 1 fully saturated rings. The first-order valence-electron chi connectivity index (χ1n) is 10.2. The third-order valence-electron chi connectivity index (χ3n) is 6.48. The first-order chi connectivity index (χ1) is 13.0. The lowest BCUT2D eigenvalue weighted by Gasteiger charge is -2.52. The number of aromatic hydroxyl groups is 1. The summed E-state index contributed by atoms with van der Waals surface area (Å²) in [6.07, 6.45) is 4.22. The van der Waals surface area contributed by atoms with Crippen LogP contribution in [0, 0.1) is 6.92 Å². The van der Waals surface area contributed by atoms with E-state index in [2.05, 4.69) is 50.4 Å². The smallest absolute Gasteiger partial charge is 0.120 e. The quantitative estimate of drug-likeness (QED) is 0.669. The summed E-state index contributed by atoms with van der Waals surface area (Å²) in [4.78, 5) is 0. The molecule has 1 aliphatic heterocycles. The first-order valence-corrected chi connectivity index (χ1v) is 10.2. The number of phenolic OH excluding ortho intramolecular Hbond substituents is 1. The van der Waals surface area contributed by atoms with E-state index in [1.54, 1.807) is 6.07 Å². The molecule has 2 aromatic rings. The maximum absolute atomic E-state index is 9.94. The van der Waals surface area contributed by atoms with Gasteiger partial charge in [-0.05, 0) is 50.8 Å². The average molecular weight is 368 g/mol. The monoisotopic (exact) mass is 367 g/mol. The zero-order valence-electron chi connectivity index (χ0n) is 16.9. The number of ether oxygens (including phenoxy) is 1. The minimum atomic E-state index is -0.160. The Balaban J connectivity index is 1.72. The predicted molar refractivity (Wildman–Crippen MR) is 111 cm³/mol. The normalized spacial score (nSPS) is 25.4. The van der Waals surface area contributed by atoms with Gasteiger partial charge in [-0.15, -0.1) is 0 Å². The van der Waals surface area contributed by atoms with Crippen molar-refractivity contribution in [1.82, 2.24) is 5.32 Å². The summed E-state index contributed by atoms with van der Waals surface area (Å²) in [7, 11) is 0. The molecule has 2 N–H and O–H groups in total. The molecule has 3 rings (SSSR count). The van der Waals surface area contributed by atoms with Gasteiger partial charge in [-0.3, -0.25) is 0 Å². The average Bonchev–Trinajstić information content (AvgIpc) is 2.68. The van der Waals surface area contributed by atoms with Crippen molar-refractivity contribution < 1.29 is 9.84 Å². The Labute approximate surface area is 163 Å². The van der Waals surface area contributed by atoms with Crippen LogP contribution in [-0.4, -0.2) is 23.9 Å². The van der Waals surface area contributed by atoms with Gasteiger partial charge in [-0.1, -0.05) is 61.9 Å². The van der Waals surface area contributed by atoms with Crippen LogP contribution < -0.4 is 5.32 Å². The maximum Gasteiger partial charge on any atom is 0.120 e. The van der Waals surface area contributed by atoms with Gasteiger partial charge < -0.3 is 15.2 Å². The van der Waals surface area contributed by atoms with Gasteiger partial charge in [0.2, 0.25) is 0 Å². The van der Waals surface area contributed by atoms with Crippen LogP contribution in [0.2, 0.25) is 0 Å². The Kier molecular flexibility index (Phi) is 6.23. The highest BCUT2D eigenvalue weighted by Crippen LogP contribution is 2.48. The van der Waals surface area contributed by atoms with Gasteiger partial charge in [0, 0.05) is 24.1 Å². The van der Waals surface area contributed by atoms with Crippen molar-refractivity contribution in [3.63, 3.8) is 0 Å². The summed E-state index contributed by atoms with van der Waals surface area (Å²) in [5.41, 5.74) is 3.48. The van der Waals surface area contributed by atoms with Gasteiger partial charge in [0.25, 0.3) is 0 Å². The Bertz CT molecular complexity index is 742. The zero-order chi connectivity index (χ0) is 19.3. The first kappa shape index (κ1) is 19.9. The lowest BCUT2D eigenvalue weighted by molar-refractivity contribution is -0.137. The standard InChI is InChI=1S/C24H33NO2/c1-4-24(15-16-25-18-20-8-5-6-9-22(20)26)23(3,14-7-17-27-24)21-12-10-19(2)11-13-21/h5-6,8-13,25-26H,4,7,14-18H2,1-3H3. The van der Waals surface area contributed by atoms with E-state index in [4.69, 9.17) is 4.74 Å². The van der Waals surface area contributed by atoms with Crippen LogP contribution >= 0.6 is 0 Å². The van der Waals surface area contributed by atoms with E-state index in [-0.39, 0.29) is 11.0 Å². The van der Waals surface area contributed by atoms with Crippen molar-refractivity contribution >= 4 is 0 Å². The summed E-state index contributed by atoms with van der Waals surface area (Å²) >= 11 is 0. The second kappa shape index (κ2) is 8.45. The number of aryl methyl sites for hydroxylation is 1. The van der Waals surface area contributed by atoms with E-state index >= 15 is 0 Å². The lowest BCUT2D eigenvalue weighted by Crippen LogP contribution is -2.55. The molecule has 0 amide bonds. The van der Waals surface area contributed by atoms with E-state index in [1.807, 2.05) is 18.2 Å². The number of hydrogen-bond donors (Lipinski definition) is 2. The van der Waals surface area contributed by atoms with Crippen molar-refractivity contribution in [3.8, 4) is 5.75 Å². The van der Waals surface area contributed by atoms with Crippen LogP contribution in [-0.2, 0) is 16.7 Å².